The van der Waals surface area contributed by atoms with Crippen molar-refractivity contribution < 1.29 is 8.81 Å². The van der Waals surface area contributed by atoms with Crippen LogP contribution in [0.2, 0.25) is 0 Å². The topological polar surface area (TPSA) is 39.2 Å². The summed E-state index contributed by atoms with van der Waals surface area (Å²) in [6.07, 6.45) is 5.22. The number of rotatable bonds is 1. The fourth-order valence-electron chi connectivity index (χ4n) is 1.58. The molecule has 0 spiro atoms. The van der Waals surface area contributed by atoms with Gasteiger partial charge in [0.05, 0.1) is 0 Å². The summed E-state index contributed by atoms with van der Waals surface area (Å²) in [7, 11) is 0. The molecule has 0 aliphatic rings. The van der Waals surface area contributed by atoms with E-state index in [1.54, 1.807) is 6.07 Å². The molecule has 1 unspecified atom stereocenters. The van der Waals surface area contributed by atoms with Crippen molar-refractivity contribution in [3.63, 3.8) is 0 Å². The van der Waals surface area contributed by atoms with Gasteiger partial charge in [-0.15, -0.1) is 6.42 Å². The molecule has 76 valence electrons. The molecule has 2 N–H and O–H groups in total. The smallest absolute Gasteiger partial charge is 0.137 e. The van der Waals surface area contributed by atoms with Gasteiger partial charge >= 0.3 is 0 Å². The van der Waals surface area contributed by atoms with Gasteiger partial charge in [0.2, 0.25) is 0 Å². The molecule has 1 atom stereocenters. The monoisotopic (exact) mass is 203 g/mol. The van der Waals surface area contributed by atoms with E-state index in [9.17, 15) is 4.39 Å². The molecular formula is C12H10FNO. The van der Waals surface area contributed by atoms with Crippen LogP contribution in [0.1, 0.15) is 17.4 Å². The van der Waals surface area contributed by atoms with Crippen molar-refractivity contribution in [3.05, 3.63) is 35.3 Å². The fourth-order valence-corrected chi connectivity index (χ4v) is 1.58. The van der Waals surface area contributed by atoms with E-state index in [0.29, 0.717) is 11.3 Å². The van der Waals surface area contributed by atoms with Gasteiger partial charge in [0.25, 0.3) is 0 Å². The third-order valence-corrected chi connectivity index (χ3v) is 2.40. The summed E-state index contributed by atoms with van der Waals surface area (Å²) in [5, 5.41) is 0.718. The van der Waals surface area contributed by atoms with E-state index < -0.39 is 6.04 Å². The van der Waals surface area contributed by atoms with Crippen LogP contribution in [-0.4, -0.2) is 0 Å². The highest BCUT2D eigenvalue weighted by molar-refractivity contribution is 5.82. The molecule has 0 amide bonds. The Morgan fingerprint density at radius 2 is 2.27 bits per heavy atom. The van der Waals surface area contributed by atoms with Crippen LogP contribution in [-0.2, 0) is 0 Å². The molecule has 0 saturated heterocycles. The Morgan fingerprint density at radius 1 is 1.53 bits per heavy atom. The van der Waals surface area contributed by atoms with Crippen molar-refractivity contribution in [2.75, 3.05) is 0 Å². The number of hydrogen-bond acceptors (Lipinski definition) is 2. The minimum absolute atomic E-state index is 0.299. The minimum Gasteiger partial charge on any atom is -0.458 e. The number of terminal acetylenes is 1. The lowest BCUT2D eigenvalue weighted by atomic mass is 10.1. The second-order valence-corrected chi connectivity index (χ2v) is 3.38. The maximum absolute atomic E-state index is 13.0. The van der Waals surface area contributed by atoms with Crippen LogP contribution in [0, 0.1) is 25.1 Å². The van der Waals surface area contributed by atoms with Gasteiger partial charge in [-0.2, -0.15) is 0 Å². The minimum atomic E-state index is -0.583. The number of furan rings is 1. The lowest BCUT2D eigenvalue weighted by Crippen LogP contribution is -2.06. The summed E-state index contributed by atoms with van der Waals surface area (Å²) < 4.78 is 18.5. The van der Waals surface area contributed by atoms with Crippen molar-refractivity contribution in [1.82, 2.24) is 0 Å². The molecule has 15 heavy (non-hydrogen) atoms. The molecule has 3 heteroatoms. The zero-order chi connectivity index (χ0) is 11.0. The number of halogens is 1. The molecule has 1 aromatic heterocycles. The zero-order valence-corrected chi connectivity index (χ0v) is 8.25. The lowest BCUT2D eigenvalue weighted by Gasteiger charge is -1.99. The molecule has 1 aromatic carbocycles. The first-order valence-corrected chi connectivity index (χ1v) is 4.53. The summed E-state index contributed by atoms with van der Waals surface area (Å²) in [5.74, 6) is 2.62. The summed E-state index contributed by atoms with van der Waals surface area (Å²) in [6.45, 7) is 1.82. The Hall–Kier alpha value is -1.79. The van der Waals surface area contributed by atoms with Gasteiger partial charge in [-0.3, -0.25) is 0 Å². The van der Waals surface area contributed by atoms with Gasteiger partial charge in [0.15, 0.2) is 0 Å². The van der Waals surface area contributed by atoms with Crippen molar-refractivity contribution in [1.29, 1.82) is 0 Å². The summed E-state index contributed by atoms with van der Waals surface area (Å²) >= 11 is 0. The Morgan fingerprint density at radius 3 is 2.93 bits per heavy atom. The molecule has 0 aliphatic heterocycles. The van der Waals surface area contributed by atoms with E-state index in [4.69, 9.17) is 16.6 Å². The first-order valence-electron chi connectivity index (χ1n) is 4.53. The second-order valence-electron chi connectivity index (χ2n) is 3.38. The van der Waals surface area contributed by atoms with E-state index >= 15 is 0 Å². The predicted molar refractivity (Wildman–Crippen MR) is 56.7 cm³/mol. The van der Waals surface area contributed by atoms with Gasteiger partial charge in [-0.1, -0.05) is 5.92 Å². The molecule has 0 bridgehead atoms. The highest BCUT2D eigenvalue weighted by Crippen LogP contribution is 2.28. The second kappa shape index (κ2) is 3.41. The number of benzene rings is 1. The van der Waals surface area contributed by atoms with Crippen molar-refractivity contribution in [3.8, 4) is 12.3 Å². The molecule has 0 radical (unpaired) electrons. The van der Waals surface area contributed by atoms with Crippen LogP contribution in [0.4, 0.5) is 4.39 Å². The van der Waals surface area contributed by atoms with E-state index in [2.05, 4.69) is 5.92 Å². The molecule has 2 rings (SSSR count). The van der Waals surface area contributed by atoms with Crippen LogP contribution in [0.3, 0.4) is 0 Å². The average molecular weight is 203 g/mol. The Kier molecular flexibility index (Phi) is 2.22. The fraction of sp³-hybridized carbons (Fsp3) is 0.167. The molecule has 0 aliphatic carbocycles. The quantitative estimate of drug-likeness (QED) is 0.723. The number of nitrogens with two attached hydrogens (primary N) is 1. The molecule has 1 heterocycles. The maximum atomic E-state index is 13.0. The van der Waals surface area contributed by atoms with E-state index in [1.165, 1.54) is 12.1 Å². The van der Waals surface area contributed by atoms with Crippen LogP contribution >= 0.6 is 0 Å². The third kappa shape index (κ3) is 1.49. The average Bonchev–Trinajstić information content (AvgIpc) is 2.55. The Balaban J connectivity index is 2.71. The normalized spacial score (nSPS) is 12.7. The van der Waals surface area contributed by atoms with Crippen molar-refractivity contribution in [2.45, 2.75) is 13.0 Å². The molecule has 2 aromatic rings. The Labute approximate surface area is 86.9 Å². The zero-order valence-electron chi connectivity index (χ0n) is 8.25. The van der Waals surface area contributed by atoms with Crippen molar-refractivity contribution in [2.24, 2.45) is 5.73 Å². The van der Waals surface area contributed by atoms with Gasteiger partial charge in [-0.25, -0.2) is 4.39 Å². The van der Waals surface area contributed by atoms with Crippen LogP contribution in [0.25, 0.3) is 11.0 Å². The van der Waals surface area contributed by atoms with Gasteiger partial charge in [0, 0.05) is 10.9 Å². The summed E-state index contributed by atoms with van der Waals surface area (Å²) in [5.41, 5.74) is 7.08. The molecule has 0 saturated carbocycles. The first kappa shape index (κ1) is 9.75. The maximum Gasteiger partial charge on any atom is 0.137 e. The third-order valence-electron chi connectivity index (χ3n) is 2.40. The predicted octanol–water partition coefficient (Wildman–Crippen LogP) is 2.51. The van der Waals surface area contributed by atoms with Gasteiger partial charge in [-0.05, 0) is 25.1 Å². The van der Waals surface area contributed by atoms with Crippen LogP contribution in [0.5, 0.6) is 0 Å². The standard InChI is InChI=1S/C12H10FNO/c1-3-10(14)12-7(2)9-6-8(13)4-5-11(9)15-12/h1,4-6,10H,14H2,2H3. The van der Waals surface area contributed by atoms with E-state index in [-0.39, 0.29) is 5.82 Å². The highest BCUT2D eigenvalue weighted by Gasteiger charge is 2.15. The molecular weight excluding hydrogens is 193 g/mol. The number of hydrogen-bond donors (Lipinski definition) is 1. The lowest BCUT2D eigenvalue weighted by molar-refractivity contribution is 0.531. The van der Waals surface area contributed by atoms with E-state index in [1.807, 2.05) is 6.92 Å². The molecule has 2 nitrogen and oxygen atoms in total. The van der Waals surface area contributed by atoms with Gasteiger partial charge in [0.1, 0.15) is 23.2 Å². The first-order chi connectivity index (χ1) is 7.13. The highest BCUT2D eigenvalue weighted by atomic mass is 19.1. The van der Waals surface area contributed by atoms with Crippen molar-refractivity contribution >= 4 is 11.0 Å². The SMILES string of the molecule is C#CC(N)c1oc2ccc(F)cc2c1C. The molecule has 0 fully saturated rings. The largest absolute Gasteiger partial charge is 0.458 e. The van der Waals surface area contributed by atoms with Gasteiger partial charge < -0.3 is 10.2 Å². The summed E-state index contributed by atoms with van der Waals surface area (Å²) in [4.78, 5) is 0. The number of fused-ring (bicyclic) bond motifs is 1. The summed E-state index contributed by atoms with van der Waals surface area (Å²) in [6, 6.07) is 3.75. The van der Waals surface area contributed by atoms with Crippen LogP contribution < -0.4 is 5.73 Å². The number of aryl methyl sites for hydroxylation is 1. The van der Waals surface area contributed by atoms with Crippen LogP contribution in [0.15, 0.2) is 22.6 Å². The van der Waals surface area contributed by atoms with E-state index in [0.717, 1.165) is 10.9 Å². The Bertz CT molecular complexity index is 550.